The summed E-state index contributed by atoms with van der Waals surface area (Å²) < 4.78 is 44.6. The molecule has 8 nitrogen and oxygen atoms in total. The molecule has 1 amide bonds. The maximum atomic E-state index is 13.8. The van der Waals surface area contributed by atoms with E-state index in [-0.39, 0.29) is 41.6 Å². The molecule has 1 aliphatic heterocycles. The first kappa shape index (κ1) is 23.3. The highest BCUT2D eigenvalue weighted by Gasteiger charge is 2.33. The van der Waals surface area contributed by atoms with Crippen molar-refractivity contribution in [1.29, 1.82) is 0 Å². The Bertz CT molecular complexity index is 1040. The van der Waals surface area contributed by atoms with E-state index >= 15 is 0 Å². The highest BCUT2D eigenvalue weighted by Crippen LogP contribution is 2.23. The maximum Gasteiger partial charge on any atom is 0.233 e. The van der Waals surface area contributed by atoms with Gasteiger partial charge in [-0.05, 0) is 25.5 Å². The quantitative estimate of drug-likeness (QED) is 0.390. The number of amides is 1. The van der Waals surface area contributed by atoms with Crippen LogP contribution in [0.25, 0.3) is 0 Å². The molecule has 1 saturated heterocycles. The molecule has 1 aromatic heterocycles. The first-order valence-corrected chi connectivity index (χ1v) is 12.7. The Morgan fingerprint density at radius 2 is 2.19 bits per heavy atom. The molecule has 3 rings (SSSR count). The lowest BCUT2D eigenvalue weighted by molar-refractivity contribution is -0.129. The van der Waals surface area contributed by atoms with Crippen LogP contribution in [0.4, 0.5) is 4.39 Å². The number of sulfone groups is 1. The number of nitrogens with zero attached hydrogens (tertiary/aromatic N) is 4. The summed E-state index contributed by atoms with van der Waals surface area (Å²) in [7, 11) is -3.07. The van der Waals surface area contributed by atoms with E-state index in [4.69, 9.17) is 4.74 Å². The molecule has 0 spiro atoms. The molecule has 1 aromatic carbocycles. The number of thioether (sulfide) groups is 1. The van der Waals surface area contributed by atoms with Crippen LogP contribution in [0.2, 0.25) is 0 Å². The van der Waals surface area contributed by atoms with Gasteiger partial charge >= 0.3 is 0 Å². The second-order valence-electron chi connectivity index (χ2n) is 7.04. The Labute approximate surface area is 185 Å². The molecule has 1 aliphatic rings. The van der Waals surface area contributed by atoms with Crippen LogP contribution in [-0.2, 0) is 27.8 Å². The van der Waals surface area contributed by atoms with Crippen molar-refractivity contribution < 1.29 is 22.3 Å². The van der Waals surface area contributed by atoms with Gasteiger partial charge in [0.2, 0.25) is 5.91 Å². The highest BCUT2D eigenvalue weighted by molar-refractivity contribution is 7.99. The predicted molar refractivity (Wildman–Crippen MR) is 116 cm³/mol. The molecule has 0 bridgehead atoms. The minimum Gasteiger partial charge on any atom is -0.483 e. The number of carbonyl (C=O) groups excluding carboxylic acids is 1. The van der Waals surface area contributed by atoms with Crippen LogP contribution in [-0.4, -0.2) is 63.8 Å². The molecule has 0 saturated carbocycles. The third-order valence-corrected chi connectivity index (χ3v) is 7.64. The molecule has 0 N–H and O–H groups in total. The SMILES string of the molecule is C=CCn1c(COc2ccccc2F)nnc1SCC(=O)N(CC)[C@H]1CCS(=O)(=O)C1. The second-order valence-corrected chi connectivity index (χ2v) is 10.2. The van der Waals surface area contributed by atoms with Gasteiger partial charge in [0.15, 0.2) is 32.4 Å². The van der Waals surface area contributed by atoms with E-state index < -0.39 is 15.7 Å². The number of ether oxygens (including phenoxy) is 1. The van der Waals surface area contributed by atoms with Crippen molar-refractivity contribution in [2.75, 3.05) is 23.8 Å². The van der Waals surface area contributed by atoms with Crippen molar-refractivity contribution in [3.8, 4) is 5.75 Å². The van der Waals surface area contributed by atoms with E-state index in [2.05, 4.69) is 16.8 Å². The Morgan fingerprint density at radius 3 is 2.84 bits per heavy atom. The predicted octanol–water partition coefficient (Wildman–Crippen LogP) is 2.31. The normalized spacial score (nSPS) is 17.4. The molecular formula is C20H25FN4O4S2. The fraction of sp³-hybridized carbons (Fsp3) is 0.450. The van der Waals surface area contributed by atoms with Crippen molar-refractivity contribution in [2.45, 2.75) is 37.7 Å². The summed E-state index contributed by atoms with van der Waals surface area (Å²) in [6, 6.07) is 5.81. The largest absolute Gasteiger partial charge is 0.483 e. The minimum absolute atomic E-state index is 0.0112. The number of hydrogen-bond acceptors (Lipinski definition) is 7. The minimum atomic E-state index is -3.07. The van der Waals surface area contributed by atoms with Crippen LogP contribution in [0.1, 0.15) is 19.2 Å². The third-order valence-electron chi connectivity index (χ3n) is 4.93. The first-order chi connectivity index (χ1) is 14.8. The summed E-state index contributed by atoms with van der Waals surface area (Å²) in [6.07, 6.45) is 2.14. The number of carbonyl (C=O) groups is 1. The van der Waals surface area contributed by atoms with Crippen molar-refractivity contribution in [2.24, 2.45) is 0 Å². The van der Waals surface area contributed by atoms with Gasteiger partial charge in [0.1, 0.15) is 6.61 Å². The Balaban J connectivity index is 1.65. The van der Waals surface area contributed by atoms with Gasteiger partial charge in [-0.25, -0.2) is 12.8 Å². The zero-order chi connectivity index (χ0) is 22.4. The van der Waals surface area contributed by atoms with Crippen molar-refractivity contribution in [3.63, 3.8) is 0 Å². The average Bonchev–Trinajstić information content (AvgIpc) is 3.29. The number of halogens is 1. The Kier molecular flexibility index (Phi) is 7.71. The summed E-state index contributed by atoms with van der Waals surface area (Å²) in [5.41, 5.74) is 0. The summed E-state index contributed by atoms with van der Waals surface area (Å²) in [5.74, 6) is 0.221. The molecule has 1 fully saturated rings. The number of benzene rings is 1. The van der Waals surface area contributed by atoms with Gasteiger partial charge in [-0.3, -0.25) is 9.36 Å². The van der Waals surface area contributed by atoms with Gasteiger partial charge in [-0.2, -0.15) is 0 Å². The monoisotopic (exact) mass is 468 g/mol. The molecule has 2 aromatic rings. The molecule has 2 heterocycles. The van der Waals surface area contributed by atoms with Crippen molar-refractivity contribution >= 4 is 27.5 Å². The Hall–Kier alpha value is -2.40. The highest BCUT2D eigenvalue weighted by atomic mass is 32.2. The van der Waals surface area contributed by atoms with E-state index in [9.17, 15) is 17.6 Å². The molecule has 0 unspecified atom stereocenters. The van der Waals surface area contributed by atoms with E-state index in [1.54, 1.807) is 27.7 Å². The molecule has 168 valence electrons. The van der Waals surface area contributed by atoms with Gasteiger partial charge in [-0.1, -0.05) is 30.0 Å². The lowest BCUT2D eigenvalue weighted by Gasteiger charge is -2.26. The zero-order valence-electron chi connectivity index (χ0n) is 17.2. The van der Waals surface area contributed by atoms with E-state index in [1.165, 1.54) is 23.9 Å². The number of para-hydroxylation sites is 1. The van der Waals surface area contributed by atoms with Crippen LogP contribution in [0.15, 0.2) is 42.1 Å². The van der Waals surface area contributed by atoms with Crippen LogP contribution < -0.4 is 4.74 Å². The summed E-state index contributed by atoms with van der Waals surface area (Å²) >= 11 is 1.21. The fourth-order valence-corrected chi connectivity index (χ4v) is 6.00. The van der Waals surface area contributed by atoms with E-state index in [0.29, 0.717) is 30.5 Å². The first-order valence-electron chi connectivity index (χ1n) is 9.87. The lowest BCUT2D eigenvalue weighted by Crippen LogP contribution is -2.42. The Morgan fingerprint density at radius 1 is 1.42 bits per heavy atom. The van der Waals surface area contributed by atoms with Gasteiger partial charge in [0.25, 0.3) is 0 Å². The third kappa shape index (κ3) is 5.85. The van der Waals surface area contributed by atoms with E-state index in [0.717, 1.165) is 0 Å². The van der Waals surface area contributed by atoms with Gasteiger partial charge in [0.05, 0.1) is 17.3 Å². The van der Waals surface area contributed by atoms with E-state index in [1.807, 2.05) is 6.92 Å². The van der Waals surface area contributed by atoms with Crippen LogP contribution in [0.5, 0.6) is 5.75 Å². The molecule has 0 aliphatic carbocycles. The van der Waals surface area contributed by atoms with Crippen molar-refractivity contribution in [1.82, 2.24) is 19.7 Å². The summed E-state index contributed by atoms with van der Waals surface area (Å²) in [5, 5.41) is 8.76. The summed E-state index contributed by atoms with van der Waals surface area (Å²) in [6.45, 7) is 6.43. The number of rotatable bonds is 10. The standard InChI is InChI=1S/C20H25FN4O4S2/c1-3-10-25-18(12-29-17-8-6-5-7-16(17)21)22-23-20(25)30-13-19(26)24(4-2)15-9-11-31(27,28)14-15/h3,5-8,15H,1,4,9-14H2,2H3/t15-/m0/s1. The average molecular weight is 469 g/mol. The molecule has 0 radical (unpaired) electrons. The van der Waals surface area contributed by atoms with Crippen LogP contribution >= 0.6 is 11.8 Å². The fourth-order valence-electron chi connectivity index (χ4n) is 3.42. The maximum absolute atomic E-state index is 13.8. The van der Waals surface area contributed by atoms with Gasteiger partial charge < -0.3 is 9.64 Å². The molecular weight excluding hydrogens is 443 g/mol. The van der Waals surface area contributed by atoms with Gasteiger partial charge in [-0.15, -0.1) is 16.8 Å². The number of aromatic nitrogens is 3. The number of hydrogen-bond donors (Lipinski definition) is 0. The van der Waals surface area contributed by atoms with Crippen LogP contribution in [0, 0.1) is 5.82 Å². The van der Waals surface area contributed by atoms with Gasteiger partial charge in [0, 0.05) is 19.1 Å². The van der Waals surface area contributed by atoms with Crippen molar-refractivity contribution in [3.05, 3.63) is 48.6 Å². The summed E-state index contributed by atoms with van der Waals surface area (Å²) in [4.78, 5) is 14.4. The molecule has 31 heavy (non-hydrogen) atoms. The molecule has 11 heteroatoms. The topological polar surface area (TPSA) is 94.4 Å². The molecule has 1 atom stereocenters. The smallest absolute Gasteiger partial charge is 0.233 e. The second kappa shape index (κ2) is 10.3. The van der Waals surface area contributed by atoms with Crippen LogP contribution in [0.3, 0.4) is 0 Å². The zero-order valence-corrected chi connectivity index (χ0v) is 18.9. The lowest BCUT2D eigenvalue weighted by atomic mass is 10.2. The number of allylic oxidation sites excluding steroid dienone is 1.